The monoisotopic (exact) mass is 746 g/mol. The molecule has 0 radical (unpaired) electrons. The molecule has 0 bridgehead atoms. The zero-order chi connectivity index (χ0) is 38.4. The summed E-state index contributed by atoms with van der Waals surface area (Å²) in [6.45, 7) is 3.39. The minimum Gasteiger partial charge on any atom is -0.394 e. The van der Waals surface area contributed by atoms with Gasteiger partial charge in [-0.3, -0.25) is 4.79 Å². The molecule has 11 nitrogen and oxygen atoms in total. The number of hydrogen-bond donors (Lipinski definition) is 8. The molecule has 9 unspecified atom stereocenters. The Morgan fingerprint density at radius 2 is 1.13 bits per heavy atom. The van der Waals surface area contributed by atoms with Gasteiger partial charge in [0.1, 0.15) is 36.6 Å². The molecule has 1 saturated heterocycles. The molecule has 9 atom stereocenters. The third-order valence-corrected chi connectivity index (χ3v) is 10.3. The third kappa shape index (κ3) is 22.3. The molecule has 0 saturated carbocycles. The lowest BCUT2D eigenvalue weighted by Gasteiger charge is -2.40. The lowest BCUT2D eigenvalue weighted by atomic mass is 9.98. The van der Waals surface area contributed by atoms with Gasteiger partial charge in [-0.25, -0.2) is 0 Å². The SMILES string of the molecule is CCCCCCCCCC/C=C/CCCC(O)C(O)C(COC1OC(CO)C(O)C(O)C1O)NC(=O)C(O)CCCCCCCCCCCCCC. The molecular formula is C41H79NO10. The van der Waals surface area contributed by atoms with Gasteiger partial charge in [0.15, 0.2) is 6.29 Å². The van der Waals surface area contributed by atoms with E-state index in [1.54, 1.807) is 0 Å². The number of ether oxygens (including phenoxy) is 2. The predicted octanol–water partition coefficient (Wildman–Crippen LogP) is 5.72. The highest BCUT2D eigenvalue weighted by molar-refractivity contribution is 5.80. The van der Waals surface area contributed by atoms with Crippen LogP contribution in [0.15, 0.2) is 12.2 Å². The fraction of sp³-hybridized carbons (Fsp3) is 0.927. The van der Waals surface area contributed by atoms with Crippen LogP contribution in [0.3, 0.4) is 0 Å². The first-order chi connectivity index (χ1) is 25.2. The number of carbonyl (C=O) groups excluding carboxylic acids is 1. The molecule has 1 aliphatic heterocycles. The quantitative estimate of drug-likeness (QED) is 0.0299. The molecule has 11 heteroatoms. The van der Waals surface area contributed by atoms with Crippen LogP contribution < -0.4 is 5.32 Å². The second-order valence-corrected chi connectivity index (χ2v) is 15.1. The van der Waals surface area contributed by atoms with Crippen molar-refractivity contribution in [1.82, 2.24) is 5.32 Å². The molecule has 0 spiro atoms. The van der Waals surface area contributed by atoms with Crippen LogP contribution in [0, 0.1) is 0 Å². The molecule has 0 aromatic carbocycles. The first-order valence-electron chi connectivity index (χ1n) is 21.1. The van der Waals surface area contributed by atoms with Crippen molar-refractivity contribution >= 4 is 5.91 Å². The molecule has 0 aromatic heterocycles. The van der Waals surface area contributed by atoms with E-state index in [2.05, 4.69) is 31.3 Å². The zero-order valence-electron chi connectivity index (χ0n) is 32.8. The van der Waals surface area contributed by atoms with Crippen LogP contribution in [0.2, 0.25) is 0 Å². The fourth-order valence-electron chi connectivity index (χ4n) is 6.73. The largest absolute Gasteiger partial charge is 0.394 e. The molecule has 52 heavy (non-hydrogen) atoms. The summed E-state index contributed by atoms with van der Waals surface area (Å²) in [5, 5.41) is 75.3. The van der Waals surface area contributed by atoms with Gasteiger partial charge in [-0.15, -0.1) is 0 Å². The van der Waals surface area contributed by atoms with E-state index in [4.69, 9.17) is 9.47 Å². The zero-order valence-corrected chi connectivity index (χ0v) is 32.8. The van der Waals surface area contributed by atoms with Crippen molar-refractivity contribution in [2.45, 2.75) is 229 Å². The van der Waals surface area contributed by atoms with Crippen LogP contribution in [0.5, 0.6) is 0 Å². The number of unbranched alkanes of at least 4 members (excludes halogenated alkanes) is 20. The third-order valence-electron chi connectivity index (χ3n) is 10.3. The van der Waals surface area contributed by atoms with Gasteiger partial charge in [-0.05, 0) is 38.5 Å². The van der Waals surface area contributed by atoms with E-state index in [0.29, 0.717) is 12.8 Å². The van der Waals surface area contributed by atoms with Crippen LogP contribution in [0.25, 0.3) is 0 Å². The van der Waals surface area contributed by atoms with Gasteiger partial charge >= 0.3 is 0 Å². The maximum absolute atomic E-state index is 13.0. The number of aliphatic hydroxyl groups excluding tert-OH is 7. The molecule has 1 aliphatic rings. The average molecular weight is 746 g/mol. The number of nitrogens with one attached hydrogen (secondary N) is 1. The number of hydrogen-bond acceptors (Lipinski definition) is 10. The second kappa shape index (κ2) is 32.1. The molecule has 1 amide bonds. The van der Waals surface area contributed by atoms with E-state index in [0.717, 1.165) is 38.5 Å². The van der Waals surface area contributed by atoms with E-state index < -0.39 is 74.2 Å². The first-order valence-corrected chi connectivity index (χ1v) is 21.1. The normalized spacial score (nSPS) is 23.1. The highest BCUT2D eigenvalue weighted by atomic mass is 16.7. The number of amides is 1. The summed E-state index contributed by atoms with van der Waals surface area (Å²) in [5.74, 6) is -0.708. The summed E-state index contributed by atoms with van der Waals surface area (Å²) in [5.41, 5.74) is 0. The maximum Gasteiger partial charge on any atom is 0.249 e. The van der Waals surface area contributed by atoms with Crippen molar-refractivity contribution in [1.29, 1.82) is 0 Å². The van der Waals surface area contributed by atoms with Crippen molar-refractivity contribution in [3.05, 3.63) is 12.2 Å². The van der Waals surface area contributed by atoms with E-state index >= 15 is 0 Å². The van der Waals surface area contributed by atoms with E-state index in [1.165, 1.54) is 96.3 Å². The summed E-state index contributed by atoms with van der Waals surface area (Å²) in [6.07, 6.45) is 19.8. The van der Waals surface area contributed by atoms with Crippen molar-refractivity contribution in [2.24, 2.45) is 0 Å². The highest BCUT2D eigenvalue weighted by Gasteiger charge is 2.44. The van der Waals surface area contributed by atoms with Crippen molar-refractivity contribution in [3.63, 3.8) is 0 Å². The summed E-state index contributed by atoms with van der Waals surface area (Å²) in [7, 11) is 0. The van der Waals surface area contributed by atoms with E-state index in [1.807, 2.05) is 0 Å². The molecule has 0 aliphatic carbocycles. The number of rotatable bonds is 34. The summed E-state index contributed by atoms with van der Waals surface area (Å²) < 4.78 is 11.0. The number of allylic oxidation sites excluding steroid dienone is 2. The highest BCUT2D eigenvalue weighted by Crippen LogP contribution is 2.23. The van der Waals surface area contributed by atoms with Gasteiger partial charge in [-0.2, -0.15) is 0 Å². The molecular weight excluding hydrogens is 666 g/mol. The van der Waals surface area contributed by atoms with Gasteiger partial charge in [0.2, 0.25) is 5.91 Å². The molecule has 8 N–H and O–H groups in total. The second-order valence-electron chi connectivity index (χ2n) is 15.1. The minimum atomic E-state index is -1.66. The van der Waals surface area contributed by atoms with Crippen LogP contribution in [0.4, 0.5) is 0 Å². The van der Waals surface area contributed by atoms with Crippen LogP contribution >= 0.6 is 0 Å². The first kappa shape index (κ1) is 48.9. The predicted molar refractivity (Wildman–Crippen MR) is 206 cm³/mol. The maximum atomic E-state index is 13.0. The lowest BCUT2D eigenvalue weighted by Crippen LogP contribution is -2.60. The molecule has 1 heterocycles. The van der Waals surface area contributed by atoms with Gasteiger partial charge in [0.05, 0.1) is 25.4 Å². The molecule has 0 aromatic rings. The number of aliphatic hydroxyl groups is 7. The Labute approximate surface area is 315 Å². The summed E-state index contributed by atoms with van der Waals surface area (Å²) in [4.78, 5) is 13.0. The van der Waals surface area contributed by atoms with E-state index in [9.17, 15) is 40.5 Å². The topological polar surface area (TPSA) is 189 Å². The Kier molecular flexibility index (Phi) is 30.2. The summed E-state index contributed by atoms with van der Waals surface area (Å²) >= 11 is 0. The van der Waals surface area contributed by atoms with E-state index in [-0.39, 0.29) is 12.8 Å². The molecule has 308 valence electrons. The standard InChI is InChI=1S/C41H79NO10/c1-3-5-7-9-11-13-15-17-19-20-22-24-26-28-33(44)36(46)32(31-51-41-39(49)38(48)37(47)35(30-43)52-41)42-40(50)34(45)29-27-25-23-21-18-16-14-12-10-8-6-4-2/h20,22,32-39,41,43-49H,3-19,21,23-31H2,1-2H3,(H,42,50)/b22-20+. The molecule has 1 rings (SSSR count). The van der Waals surface area contributed by atoms with Crippen molar-refractivity contribution in [3.8, 4) is 0 Å². The summed E-state index contributed by atoms with van der Waals surface area (Å²) in [6, 6.07) is -1.18. The van der Waals surface area contributed by atoms with Crippen molar-refractivity contribution in [2.75, 3.05) is 13.2 Å². The Bertz CT molecular complexity index is 861. The Morgan fingerprint density at radius 3 is 1.65 bits per heavy atom. The van der Waals surface area contributed by atoms with Gasteiger partial charge in [0, 0.05) is 0 Å². The van der Waals surface area contributed by atoms with Crippen molar-refractivity contribution < 1.29 is 50.0 Å². The fourth-order valence-corrected chi connectivity index (χ4v) is 6.73. The van der Waals surface area contributed by atoms with Crippen LogP contribution in [0.1, 0.15) is 174 Å². The Morgan fingerprint density at radius 1 is 0.654 bits per heavy atom. The Balaban J connectivity index is 2.55. The van der Waals surface area contributed by atoms with Crippen LogP contribution in [-0.2, 0) is 14.3 Å². The average Bonchev–Trinajstić information content (AvgIpc) is 3.14. The minimum absolute atomic E-state index is 0.257. The smallest absolute Gasteiger partial charge is 0.249 e. The van der Waals surface area contributed by atoms with Gasteiger partial charge < -0.3 is 50.5 Å². The lowest BCUT2D eigenvalue weighted by molar-refractivity contribution is -0.303. The molecule has 1 fully saturated rings. The van der Waals surface area contributed by atoms with Gasteiger partial charge in [0.25, 0.3) is 0 Å². The van der Waals surface area contributed by atoms with Gasteiger partial charge in [-0.1, -0.05) is 148 Å². The van der Waals surface area contributed by atoms with Crippen LogP contribution in [-0.4, -0.2) is 110 Å². The number of carbonyl (C=O) groups is 1. The Hall–Kier alpha value is -1.15.